The lowest BCUT2D eigenvalue weighted by Crippen LogP contribution is -2.27. The number of amides is 2. The summed E-state index contributed by atoms with van der Waals surface area (Å²) in [6, 6.07) is 4.26. The summed E-state index contributed by atoms with van der Waals surface area (Å²) in [4.78, 5) is 25.5. The summed E-state index contributed by atoms with van der Waals surface area (Å²) >= 11 is 0. The Kier molecular flexibility index (Phi) is 3.32. The van der Waals surface area contributed by atoms with Crippen LogP contribution in [0.2, 0.25) is 0 Å². The van der Waals surface area contributed by atoms with E-state index in [2.05, 4.69) is 17.5 Å². The van der Waals surface area contributed by atoms with E-state index in [1.807, 2.05) is 0 Å². The monoisotopic (exact) mass is 316 g/mol. The zero-order valence-corrected chi connectivity index (χ0v) is 12.5. The minimum atomic E-state index is -0.506. The largest absolute Gasteiger partial charge is 0.447 e. The Hall–Kier alpha value is -2.37. The first-order chi connectivity index (χ1) is 11.1. The third-order valence-electron chi connectivity index (χ3n) is 4.90. The molecule has 1 saturated heterocycles. The maximum absolute atomic E-state index is 14.0. The second kappa shape index (κ2) is 5.37. The molecule has 0 unspecified atom stereocenters. The number of anilines is 2. The van der Waals surface area contributed by atoms with Gasteiger partial charge in [0.2, 0.25) is 5.91 Å². The fourth-order valence-corrected chi connectivity index (χ4v) is 3.71. The number of nitrogens with zero attached hydrogens (tertiary/aromatic N) is 1. The average Bonchev–Trinajstić information content (AvgIpc) is 3.26. The summed E-state index contributed by atoms with van der Waals surface area (Å²) in [6.07, 6.45) is 5.64. The molecule has 5 nitrogen and oxygen atoms in total. The smallest absolute Gasteiger partial charge is 0.414 e. The quantitative estimate of drug-likeness (QED) is 0.872. The van der Waals surface area contributed by atoms with Crippen molar-refractivity contribution in [3.8, 4) is 0 Å². The van der Waals surface area contributed by atoms with E-state index in [0.29, 0.717) is 24.8 Å². The number of ether oxygens (including phenoxy) is 1. The molecule has 3 atom stereocenters. The van der Waals surface area contributed by atoms with Crippen molar-refractivity contribution in [2.45, 2.75) is 12.8 Å². The number of cyclic esters (lactones) is 1. The van der Waals surface area contributed by atoms with E-state index in [-0.39, 0.29) is 23.4 Å². The van der Waals surface area contributed by atoms with Gasteiger partial charge in [0.15, 0.2) is 0 Å². The first-order valence-corrected chi connectivity index (χ1v) is 7.85. The van der Waals surface area contributed by atoms with Crippen molar-refractivity contribution in [3.63, 3.8) is 0 Å². The summed E-state index contributed by atoms with van der Waals surface area (Å²) in [7, 11) is 0. The van der Waals surface area contributed by atoms with Crippen LogP contribution in [0, 0.1) is 23.6 Å². The van der Waals surface area contributed by atoms with Gasteiger partial charge in [-0.1, -0.05) is 12.2 Å². The van der Waals surface area contributed by atoms with E-state index in [1.165, 1.54) is 23.1 Å². The summed E-state index contributed by atoms with van der Waals surface area (Å²) in [6.45, 7) is 0.740. The Morgan fingerprint density at radius 3 is 2.83 bits per heavy atom. The van der Waals surface area contributed by atoms with Crippen molar-refractivity contribution in [3.05, 3.63) is 36.2 Å². The van der Waals surface area contributed by atoms with Crippen molar-refractivity contribution in [1.82, 2.24) is 0 Å². The van der Waals surface area contributed by atoms with Gasteiger partial charge in [-0.15, -0.1) is 0 Å². The number of nitrogens with one attached hydrogen (secondary N) is 1. The molecule has 1 aromatic rings. The highest BCUT2D eigenvalue weighted by Crippen LogP contribution is 2.43. The lowest BCUT2D eigenvalue weighted by molar-refractivity contribution is -0.120. The molecule has 1 aromatic carbocycles. The van der Waals surface area contributed by atoms with Gasteiger partial charge in [-0.05, 0) is 42.9 Å². The Labute approximate surface area is 133 Å². The van der Waals surface area contributed by atoms with Crippen molar-refractivity contribution in [2.75, 3.05) is 23.4 Å². The summed E-state index contributed by atoms with van der Waals surface area (Å²) < 4.78 is 18.9. The van der Waals surface area contributed by atoms with Gasteiger partial charge in [0, 0.05) is 11.6 Å². The molecule has 4 rings (SSSR count). The summed E-state index contributed by atoms with van der Waals surface area (Å²) in [5.74, 6) is -0.00817. The third-order valence-corrected chi connectivity index (χ3v) is 4.90. The van der Waals surface area contributed by atoms with Crippen LogP contribution in [0.15, 0.2) is 30.4 Å². The number of hydrogen-bond acceptors (Lipinski definition) is 3. The van der Waals surface area contributed by atoms with E-state index >= 15 is 0 Å². The molecule has 3 aliphatic rings. The molecule has 1 saturated carbocycles. The topological polar surface area (TPSA) is 58.6 Å². The summed E-state index contributed by atoms with van der Waals surface area (Å²) in [5.41, 5.74) is 0.635. The number of benzene rings is 1. The Morgan fingerprint density at radius 1 is 1.30 bits per heavy atom. The van der Waals surface area contributed by atoms with Gasteiger partial charge in [0.25, 0.3) is 0 Å². The molecule has 2 aliphatic carbocycles. The van der Waals surface area contributed by atoms with Gasteiger partial charge >= 0.3 is 6.09 Å². The van der Waals surface area contributed by atoms with E-state index in [4.69, 9.17) is 4.74 Å². The maximum Gasteiger partial charge on any atom is 0.414 e. The van der Waals surface area contributed by atoms with Crippen LogP contribution in [0.3, 0.4) is 0 Å². The molecular formula is C17H17FN2O3. The first kappa shape index (κ1) is 14.2. The minimum Gasteiger partial charge on any atom is -0.447 e. The van der Waals surface area contributed by atoms with Gasteiger partial charge in [-0.3, -0.25) is 9.69 Å². The third kappa shape index (κ3) is 2.48. The Morgan fingerprint density at radius 2 is 2.17 bits per heavy atom. The molecule has 0 radical (unpaired) electrons. The maximum atomic E-state index is 14.0. The molecule has 0 aromatic heterocycles. The molecule has 6 heteroatoms. The van der Waals surface area contributed by atoms with Crippen molar-refractivity contribution in [2.24, 2.45) is 17.8 Å². The highest BCUT2D eigenvalue weighted by atomic mass is 19.1. The molecule has 0 spiro atoms. The molecule has 1 N–H and O–H groups in total. The van der Waals surface area contributed by atoms with Gasteiger partial charge in [-0.25, -0.2) is 9.18 Å². The van der Waals surface area contributed by atoms with Crippen molar-refractivity contribution < 1.29 is 18.7 Å². The van der Waals surface area contributed by atoms with Crippen LogP contribution in [0.4, 0.5) is 20.6 Å². The Bertz CT molecular complexity index is 703. The lowest BCUT2D eigenvalue weighted by Gasteiger charge is -2.19. The molecule has 1 aliphatic heterocycles. The SMILES string of the molecule is O=C(Nc1cc(N2CCOC2=O)ccc1F)[C@H]1C[C@H]2C=C[C@H]1C2. The number of hydrogen-bond donors (Lipinski definition) is 1. The highest BCUT2D eigenvalue weighted by Gasteiger charge is 2.40. The average molecular weight is 316 g/mol. The second-order valence-corrected chi connectivity index (χ2v) is 6.31. The first-order valence-electron chi connectivity index (χ1n) is 7.85. The molecule has 23 heavy (non-hydrogen) atoms. The van der Waals surface area contributed by atoms with E-state index < -0.39 is 11.9 Å². The number of carbonyl (C=O) groups is 2. The van der Waals surface area contributed by atoms with E-state index in [1.54, 1.807) is 0 Å². The van der Waals surface area contributed by atoms with Crippen LogP contribution < -0.4 is 10.2 Å². The number of halogens is 1. The minimum absolute atomic E-state index is 0.0928. The van der Waals surface area contributed by atoms with Crippen LogP contribution in [-0.2, 0) is 9.53 Å². The van der Waals surface area contributed by atoms with Gasteiger partial charge in [-0.2, -0.15) is 0 Å². The van der Waals surface area contributed by atoms with Gasteiger partial charge in [0.1, 0.15) is 12.4 Å². The molecule has 120 valence electrons. The molecule has 1 heterocycles. The Balaban J connectivity index is 1.53. The van der Waals surface area contributed by atoms with Crippen molar-refractivity contribution in [1.29, 1.82) is 0 Å². The number of fused-ring (bicyclic) bond motifs is 2. The zero-order valence-electron chi connectivity index (χ0n) is 12.5. The van der Waals surface area contributed by atoms with Crippen LogP contribution >= 0.6 is 0 Å². The van der Waals surface area contributed by atoms with Crippen LogP contribution in [0.25, 0.3) is 0 Å². The normalized spacial score (nSPS) is 28.3. The fraction of sp³-hybridized carbons (Fsp3) is 0.412. The standard InChI is InChI=1S/C17H17FN2O3/c18-14-4-3-12(20-5-6-23-17(20)22)9-15(14)19-16(21)13-8-10-1-2-11(13)7-10/h1-4,9-11,13H,5-8H2,(H,19,21)/t10-,11-,13-/m0/s1. The number of carbonyl (C=O) groups excluding carboxylic acids is 2. The molecule has 2 fully saturated rings. The van der Waals surface area contributed by atoms with E-state index in [0.717, 1.165) is 12.8 Å². The van der Waals surface area contributed by atoms with Crippen LogP contribution in [0.5, 0.6) is 0 Å². The predicted octanol–water partition coefficient (Wildman–Crippen LogP) is 2.93. The van der Waals surface area contributed by atoms with Gasteiger partial charge in [0.05, 0.1) is 12.2 Å². The van der Waals surface area contributed by atoms with Gasteiger partial charge < -0.3 is 10.1 Å². The number of rotatable bonds is 3. The fourth-order valence-electron chi connectivity index (χ4n) is 3.71. The van der Waals surface area contributed by atoms with E-state index in [9.17, 15) is 14.0 Å². The lowest BCUT2D eigenvalue weighted by atomic mass is 9.93. The molecule has 2 amide bonds. The molecule has 2 bridgehead atoms. The van der Waals surface area contributed by atoms with Crippen molar-refractivity contribution >= 4 is 23.4 Å². The van der Waals surface area contributed by atoms with Crippen LogP contribution in [0.1, 0.15) is 12.8 Å². The highest BCUT2D eigenvalue weighted by molar-refractivity contribution is 5.95. The van der Waals surface area contributed by atoms with Crippen LogP contribution in [-0.4, -0.2) is 25.2 Å². The predicted molar refractivity (Wildman–Crippen MR) is 82.6 cm³/mol. The zero-order chi connectivity index (χ0) is 16.0. The second-order valence-electron chi connectivity index (χ2n) is 6.31. The summed E-state index contributed by atoms with van der Waals surface area (Å²) in [5, 5.41) is 2.69. The number of allylic oxidation sites excluding steroid dienone is 2. The molecular weight excluding hydrogens is 299 g/mol.